The maximum Gasteiger partial charge on any atom is 0.219 e. The van der Waals surface area contributed by atoms with Crippen LogP contribution in [-0.4, -0.2) is 10.2 Å². The van der Waals surface area contributed by atoms with Gasteiger partial charge in [-0.3, -0.25) is 4.79 Å². The summed E-state index contributed by atoms with van der Waals surface area (Å²) in [7, 11) is 0. The van der Waals surface area contributed by atoms with Crippen LogP contribution in [0.4, 0.5) is 0 Å². The highest BCUT2D eigenvalue weighted by atomic mass is 32.1. The Balaban J connectivity index is 1.63. The Morgan fingerprint density at radius 3 is 2.59 bits per heavy atom. The highest BCUT2D eigenvalue weighted by Crippen LogP contribution is 2.32. The van der Waals surface area contributed by atoms with Crippen molar-refractivity contribution in [1.29, 1.82) is 5.26 Å². The molecule has 5 aromatic rings. The Morgan fingerprint density at radius 1 is 1.00 bits per heavy atom. The predicted molar refractivity (Wildman–Crippen MR) is 118 cm³/mol. The van der Waals surface area contributed by atoms with Crippen molar-refractivity contribution in [3.8, 4) is 16.5 Å². The smallest absolute Gasteiger partial charge is 0.219 e. The Kier molecular flexibility index (Phi) is 4.04. The summed E-state index contributed by atoms with van der Waals surface area (Å²) in [5.74, 6) is -0.0693. The van der Waals surface area contributed by atoms with E-state index in [1.807, 2.05) is 53.1 Å². The highest BCUT2D eigenvalue weighted by Gasteiger charge is 2.20. The lowest BCUT2D eigenvalue weighted by Crippen LogP contribution is -2.03. The standard InChI is InChI=1S/C25H16N2OS/c1-16-6-8-18(9-7-16)22-10-11-23(29-22)25(28)21-14-19(15-26)24-20-5-3-2-4-17(20)12-13-27(21)24/h2-14H,1H3. The monoisotopic (exact) mass is 392 g/mol. The van der Waals surface area contributed by atoms with Gasteiger partial charge in [0.25, 0.3) is 0 Å². The predicted octanol–water partition coefficient (Wildman–Crippen LogP) is 6.23. The molecule has 0 N–H and O–H groups in total. The third-order valence-electron chi connectivity index (χ3n) is 5.17. The number of benzene rings is 2. The number of pyridine rings is 1. The first-order valence-corrected chi connectivity index (χ1v) is 10.1. The molecule has 3 heterocycles. The number of nitrogens with zero attached hydrogens (tertiary/aromatic N) is 2. The van der Waals surface area contributed by atoms with Crippen LogP contribution in [-0.2, 0) is 0 Å². The normalized spacial score (nSPS) is 11.0. The molecule has 0 amide bonds. The molecule has 0 aliphatic carbocycles. The third kappa shape index (κ3) is 2.84. The van der Waals surface area contributed by atoms with Gasteiger partial charge in [0.1, 0.15) is 6.07 Å². The molecule has 0 unspecified atom stereocenters. The van der Waals surface area contributed by atoms with Crippen molar-refractivity contribution in [3.63, 3.8) is 0 Å². The first-order valence-electron chi connectivity index (χ1n) is 9.30. The molecule has 0 saturated carbocycles. The number of carbonyl (C=O) groups is 1. The summed E-state index contributed by atoms with van der Waals surface area (Å²) in [6, 6.07) is 26.0. The second-order valence-corrected chi connectivity index (χ2v) is 8.12. The van der Waals surface area contributed by atoms with Crippen molar-refractivity contribution in [1.82, 2.24) is 4.40 Å². The Bertz CT molecular complexity index is 1430. The van der Waals surface area contributed by atoms with E-state index in [2.05, 4.69) is 37.3 Å². The van der Waals surface area contributed by atoms with Gasteiger partial charge in [-0.2, -0.15) is 5.26 Å². The van der Waals surface area contributed by atoms with Crippen LogP contribution in [0.25, 0.3) is 26.7 Å². The van der Waals surface area contributed by atoms with Crippen LogP contribution < -0.4 is 0 Å². The van der Waals surface area contributed by atoms with Gasteiger partial charge in [0, 0.05) is 16.5 Å². The van der Waals surface area contributed by atoms with Crippen LogP contribution in [0.5, 0.6) is 0 Å². The van der Waals surface area contributed by atoms with Crippen molar-refractivity contribution in [2.75, 3.05) is 0 Å². The van der Waals surface area contributed by atoms with E-state index in [4.69, 9.17) is 0 Å². The summed E-state index contributed by atoms with van der Waals surface area (Å²) in [6.07, 6.45) is 1.88. The quantitative estimate of drug-likeness (QED) is 0.342. The van der Waals surface area contributed by atoms with Gasteiger partial charge >= 0.3 is 0 Å². The minimum absolute atomic E-state index is 0.0693. The molecule has 0 fully saturated rings. The second-order valence-electron chi connectivity index (χ2n) is 7.04. The van der Waals surface area contributed by atoms with Gasteiger partial charge in [0.15, 0.2) is 0 Å². The molecular formula is C25H16N2OS. The van der Waals surface area contributed by atoms with Gasteiger partial charge in [-0.15, -0.1) is 11.3 Å². The number of hydrogen-bond acceptors (Lipinski definition) is 3. The average molecular weight is 392 g/mol. The summed E-state index contributed by atoms with van der Waals surface area (Å²) in [6.45, 7) is 2.06. The molecule has 0 saturated heterocycles. The number of aryl methyl sites for hydroxylation is 1. The van der Waals surface area contributed by atoms with Gasteiger partial charge in [0.05, 0.1) is 21.7 Å². The number of thiophene rings is 1. The maximum atomic E-state index is 13.3. The van der Waals surface area contributed by atoms with Gasteiger partial charge in [-0.25, -0.2) is 0 Å². The van der Waals surface area contributed by atoms with Crippen molar-refractivity contribution < 1.29 is 4.79 Å². The molecule has 3 nitrogen and oxygen atoms in total. The molecule has 29 heavy (non-hydrogen) atoms. The first kappa shape index (κ1) is 17.4. The van der Waals surface area contributed by atoms with Gasteiger partial charge in [-0.1, -0.05) is 54.1 Å². The fourth-order valence-electron chi connectivity index (χ4n) is 3.69. The summed E-state index contributed by atoms with van der Waals surface area (Å²) in [5, 5.41) is 11.7. The zero-order chi connectivity index (χ0) is 20.0. The van der Waals surface area contributed by atoms with E-state index in [0.29, 0.717) is 16.1 Å². The number of rotatable bonds is 3. The topological polar surface area (TPSA) is 45.3 Å². The minimum atomic E-state index is -0.0693. The van der Waals surface area contributed by atoms with Crippen molar-refractivity contribution in [2.24, 2.45) is 0 Å². The summed E-state index contributed by atoms with van der Waals surface area (Å²) in [5.41, 5.74) is 4.12. The number of aromatic nitrogens is 1. The van der Waals surface area contributed by atoms with Crippen molar-refractivity contribution in [2.45, 2.75) is 6.92 Å². The fourth-order valence-corrected chi connectivity index (χ4v) is 4.65. The van der Waals surface area contributed by atoms with Crippen LogP contribution in [0, 0.1) is 18.3 Å². The summed E-state index contributed by atoms with van der Waals surface area (Å²) >= 11 is 1.48. The molecule has 2 aromatic carbocycles. The molecule has 0 bridgehead atoms. The number of nitriles is 1. The zero-order valence-electron chi connectivity index (χ0n) is 15.7. The second kappa shape index (κ2) is 6.73. The molecule has 0 atom stereocenters. The van der Waals surface area contributed by atoms with E-state index in [-0.39, 0.29) is 5.78 Å². The van der Waals surface area contributed by atoms with E-state index in [9.17, 15) is 10.1 Å². The van der Waals surface area contributed by atoms with Crippen LogP contribution in [0.1, 0.15) is 26.5 Å². The largest absolute Gasteiger partial charge is 0.312 e. The van der Waals surface area contributed by atoms with Crippen LogP contribution in [0.15, 0.2) is 79.0 Å². The number of ketones is 1. The lowest BCUT2D eigenvalue weighted by Gasteiger charge is -2.04. The van der Waals surface area contributed by atoms with E-state index in [0.717, 1.165) is 26.7 Å². The Labute approximate surface area is 172 Å². The van der Waals surface area contributed by atoms with Crippen LogP contribution >= 0.6 is 11.3 Å². The number of carbonyl (C=O) groups excluding carboxylic acids is 1. The Morgan fingerprint density at radius 2 is 1.79 bits per heavy atom. The van der Waals surface area contributed by atoms with Crippen LogP contribution in [0.2, 0.25) is 0 Å². The van der Waals surface area contributed by atoms with Crippen molar-refractivity contribution in [3.05, 3.63) is 101 Å². The SMILES string of the molecule is Cc1ccc(-c2ccc(C(=O)c3cc(C#N)c4c5ccccc5ccn34)s2)cc1. The molecule has 3 aromatic heterocycles. The Hall–Kier alpha value is -3.68. The van der Waals surface area contributed by atoms with Gasteiger partial charge in [-0.05, 0) is 42.1 Å². The molecule has 0 spiro atoms. The molecule has 0 aliphatic heterocycles. The number of fused-ring (bicyclic) bond motifs is 3. The average Bonchev–Trinajstić information content (AvgIpc) is 3.39. The van der Waals surface area contributed by atoms with E-state index in [1.165, 1.54) is 16.9 Å². The third-order valence-corrected chi connectivity index (χ3v) is 6.31. The summed E-state index contributed by atoms with van der Waals surface area (Å²) < 4.78 is 1.84. The molecule has 138 valence electrons. The number of hydrogen-bond donors (Lipinski definition) is 0. The lowest BCUT2D eigenvalue weighted by molar-refractivity contribution is 0.103. The van der Waals surface area contributed by atoms with Crippen LogP contribution in [0.3, 0.4) is 0 Å². The van der Waals surface area contributed by atoms with Gasteiger partial charge < -0.3 is 4.40 Å². The molecule has 0 radical (unpaired) electrons. The maximum absolute atomic E-state index is 13.3. The molecule has 0 aliphatic rings. The molecule has 4 heteroatoms. The first-order chi connectivity index (χ1) is 14.2. The highest BCUT2D eigenvalue weighted by molar-refractivity contribution is 7.17. The lowest BCUT2D eigenvalue weighted by atomic mass is 10.1. The molecule has 5 rings (SSSR count). The zero-order valence-corrected chi connectivity index (χ0v) is 16.5. The van der Waals surface area contributed by atoms with E-state index >= 15 is 0 Å². The fraction of sp³-hybridized carbons (Fsp3) is 0.0400. The van der Waals surface area contributed by atoms with Gasteiger partial charge in [0.2, 0.25) is 5.78 Å². The van der Waals surface area contributed by atoms with Crippen molar-refractivity contribution >= 4 is 33.4 Å². The minimum Gasteiger partial charge on any atom is -0.312 e. The molecular weight excluding hydrogens is 376 g/mol. The summed E-state index contributed by atoms with van der Waals surface area (Å²) in [4.78, 5) is 15.0. The van der Waals surface area contributed by atoms with E-state index in [1.54, 1.807) is 6.07 Å². The van der Waals surface area contributed by atoms with E-state index < -0.39 is 0 Å².